The third-order valence-electron chi connectivity index (χ3n) is 2.38. The van der Waals surface area contributed by atoms with Crippen molar-refractivity contribution in [3.05, 3.63) is 38.3 Å². The molecule has 20 heavy (non-hydrogen) atoms. The molecule has 0 spiro atoms. The minimum atomic E-state index is -0.394. The molecule has 0 heterocycles. The molecule has 0 saturated carbocycles. The third-order valence-corrected chi connectivity index (χ3v) is 3.96. The number of nitro benzene ring substituents is 1. The van der Waals surface area contributed by atoms with Crippen LogP contribution in [0.15, 0.2) is 22.7 Å². The molecule has 5 nitrogen and oxygen atoms in total. The molecule has 0 radical (unpaired) electrons. The summed E-state index contributed by atoms with van der Waals surface area (Å²) in [5.41, 5.74) is 0.667. The first-order chi connectivity index (χ1) is 9.56. The van der Waals surface area contributed by atoms with Crippen molar-refractivity contribution in [2.75, 3.05) is 31.8 Å². The maximum absolute atomic E-state index is 11.0. The summed E-state index contributed by atoms with van der Waals surface area (Å²) in [5, 5.41) is 11.8. The first-order valence-corrected chi connectivity index (χ1v) is 8.68. The van der Waals surface area contributed by atoms with E-state index in [0.29, 0.717) is 32.0 Å². The zero-order chi connectivity index (χ0) is 15.0. The Morgan fingerprint density at radius 1 is 1.25 bits per heavy atom. The van der Waals surface area contributed by atoms with Gasteiger partial charge < -0.3 is 9.47 Å². The van der Waals surface area contributed by atoms with Crippen LogP contribution in [0.2, 0.25) is 0 Å². The summed E-state index contributed by atoms with van der Waals surface area (Å²) in [6.45, 7) is 1.94. The van der Waals surface area contributed by atoms with E-state index in [1.807, 2.05) is 0 Å². The number of benzene rings is 1. The van der Waals surface area contributed by atoms with Gasteiger partial charge in [-0.2, -0.15) is 0 Å². The van der Waals surface area contributed by atoms with Crippen LogP contribution in [-0.4, -0.2) is 36.7 Å². The van der Waals surface area contributed by atoms with E-state index in [4.69, 9.17) is 9.47 Å². The zero-order valence-electron chi connectivity index (χ0n) is 10.6. The molecular weight excluding hydrogens is 462 g/mol. The molecule has 8 heteroatoms. The number of hydrogen-bond acceptors (Lipinski definition) is 4. The highest BCUT2D eigenvalue weighted by atomic mass is 79.9. The molecule has 0 aliphatic rings. The number of nitrogens with zero attached hydrogens (tertiary/aromatic N) is 1. The highest BCUT2D eigenvalue weighted by Gasteiger charge is 2.20. The molecular formula is C12H14Br3NO4. The normalized spacial score (nSPS) is 12.3. The summed E-state index contributed by atoms with van der Waals surface area (Å²) in [6.07, 6.45) is 0. The molecule has 0 aliphatic heterocycles. The lowest BCUT2D eigenvalue weighted by Crippen LogP contribution is -2.10. The molecule has 0 aromatic heterocycles. The van der Waals surface area contributed by atoms with Crippen LogP contribution >= 0.6 is 47.8 Å². The summed E-state index contributed by atoms with van der Waals surface area (Å²) < 4.78 is 11.5. The fourth-order valence-electron chi connectivity index (χ4n) is 1.49. The SMILES string of the molecule is O=[N+]([O-])c1ccc(Br)cc1C(Br)COCCOCCBr. The van der Waals surface area contributed by atoms with E-state index in [9.17, 15) is 10.1 Å². The van der Waals surface area contributed by atoms with E-state index in [1.165, 1.54) is 6.07 Å². The maximum atomic E-state index is 11.0. The largest absolute Gasteiger partial charge is 0.378 e. The van der Waals surface area contributed by atoms with Gasteiger partial charge in [0.25, 0.3) is 5.69 Å². The molecule has 1 aromatic rings. The molecule has 0 bridgehead atoms. The standard InChI is InChI=1S/C12H14Br3NO4/c13-3-4-19-5-6-20-8-11(15)10-7-9(14)1-2-12(10)16(17)18/h1-2,7,11H,3-6,8H2. The second-order valence-corrected chi connectivity index (χ2v) is 6.62. The van der Waals surface area contributed by atoms with Crippen LogP contribution in [0.3, 0.4) is 0 Å². The molecule has 1 rings (SSSR count). The molecule has 0 N–H and O–H groups in total. The Kier molecular flexibility index (Phi) is 8.86. The van der Waals surface area contributed by atoms with Crippen LogP contribution in [0.4, 0.5) is 5.69 Å². The van der Waals surface area contributed by atoms with Crippen molar-refractivity contribution in [2.24, 2.45) is 0 Å². The van der Waals surface area contributed by atoms with Crippen molar-refractivity contribution >= 4 is 53.5 Å². The van der Waals surface area contributed by atoms with Gasteiger partial charge >= 0.3 is 0 Å². The topological polar surface area (TPSA) is 61.6 Å². The van der Waals surface area contributed by atoms with Gasteiger partial charge in [-0.15, -0.1) is 0 Å². The monoisotopic (exact) mass is 473 g/mol. The summed E-state index contributed by atoms with van der Waals surface area (Å²) in [7, 11) is 0. The summed E-state index contributed by atoms with van der Waals surface area (Å²) in [4.78, 5) is 10.4. The van der Waals surface area contributed by atoms with Gasteiger partial charge in [-0.25, -0.2) is 0 Å². The minimum absolute atomic E-state index is 0.0780. The summed E-state index contributed by atoms with van der Waals surface area (Å²) >= 11 is 10.00. The molecule has 0 saturated heterocycles. The van der Waals surface area contributed by atoms with E-state index >= 15 is 0 Å². The predicted octanol–water partition coefficient (Wildman–Crippen LogP) is 4.22. The van der Waals surface area contributed by atoms with Gasteiger partial charge in [-0.1, -0.05) is 47.8 Å². The first-order valence-electron chi connectivity index (χ1n) is 5.85. The smallest absolute Gasteiger partial charge is 0.273 e. The molecule has 112 valence electrons. The quantitative estimate of drug-likeness (QED) is 0.232. The Balaban J connectivity index is 2.52. The van der Waals surface area contributed by atoms with Gasteiger partial charge in [0.05, 0.1) is 36.2 Å². The molecule has 0 aliphatic carbocycles. The number of hydrogen-bond donors (Lipinski definition) is 0. The highest BCUT2D eigenvalue weighted by molar-refractivity contribution is 9.10. The van der Waals surface area contributed by atoms with Crippen LogP contribution in [0.5, 0.6) is 0 Å². The summed E-state index contributed by atoms with van der Waals surface area (Å²) in [6, 6.07) is 4.85. The van der Waals surface area contributed by atoms with Crippen molar-refractivity contribution in [2.45, 2.75) is 4.83 Å². The Morgan fingerprint density at radius 3 is 2.60 bits per heavy atom. The van der Waals surface area contributed by atoms with Gasteiger partial charge in [-0.3, -0.25) is 10.1 Å². The Bertz CT molecular complexity index is 445. The average Bonchev–Trinajstić information content (AvgIpc) is 2.42. The van der Waals surface area contributed by atoms with Gasteiger partial charge in [0.15, 0.2) is 0 Å². The molecule has 0 amide bonds. The van der Waals surface area contributed by atoms with Gasteiger partial charge in [0.2, 0.25) is 0 Å². The fourth-order valence-corrected chi connectivity index (χ4v) is 2.65. The highest BCUT2D eigenvalue weighted by Crippen LogP contribution is 2.33. The first kappa shape index (κ1) is 18.0. The Hall–Kier alpha value is -0.0200. The van der Waals surface area contributed by atoms with Crippen LogP contribution in [0.25, 0.3) is 0 Å². The predicted molar refractivity (Wildman–Crippen MR) is 87.9 cm³/mol. The Labute approximate surface area is 142 Å². The molecule has 1 aromatic carbocycles. The fraction of sp³-hybridized carbons (Fsp3) is 0.500. The molecule has 1 unspecified atom stereocenters. The van der Waals surface area contributed by atoms with Crippen LogP contribution in [-0.2, 0) is 9.47 Å². The second-order valence-electron chi connectivity index (χ2n) is 3.80. The van der Waals surface area contributed by atoms with Crippen molar-refractivity contribution < 1.29 is 14.4 Å². The van der Waals surface area contributed by atoms with E-state index in [-0.39, 0.29) is 10.5 Å². The summed E-state index contributed by atoms with van der Waals surface area (Å²) in [5.74, 6) is 0. The van der Waals surface area contributed by atoms with Gasteiger partial charge in [0.1, 0.15) is 0 Å². The molecule has 1 atom stereocenters. The van der Waals surface area contributed by atoms with Crippen LogP contribution in [0.1, 0.15) is 10.4 Å². The lowest BCUT2D eigenvalue weighted by molar-refractivity contribution is -0.385. The van der Waals surface area contributed by atoms with Crippen molar-refractivity contribution in [1.82, 2.24) is 0 Å². The van der Waals surface area contributed by atoms with Gasteiger partial charge in [0, 0.05) is 21.4 Å². The second kappa shape index (κ2) is 9.83. The van der Waals surface area contributed by atoms with Crippen LogP contribution < -0.4 is 0 Å². The zero-order valence-corrected chi connectivity index (χ0v) is 15.3. The number of alkyl halides is 2. The number of rotatable bonds is 9. The lowest BCUT2D eigenvalue weighted by Gasteiger charge is -2.12. The average molecular weight is 476 g/mol. The minimum Gasteiger partial charge on any atom is -0.378 e. The number of halogens is 3. The lowest BCUT2D eigenvalue weighted by atomic mass is 10.1. The van der Waals surface area contributed by atoms with E-state index in [1.54, 1.807) is 12.1 Å². The number of ether oxygens (including phenoxy) is 2. The van der Waals surface area contributed by atoms with E-state index in [2.05, 4.69) is 47.8 Å². The Morgan fingerprint density at radius 2 is 1.95 bits per heavy atom. The van der Waals surface area contributed by atoms with Crippen LogP contribution in [0, 0.1) is 10.1 Å². The van der Waals surface area contributed by atoms with Gasteiger partial charge in [-0.05, 0) is 12.1 Å². The third kappa shape index (κ3) is 6.17. The number of nitro groups is 1. The van der Waals surface area contributed by atoms with Crippen molar-refractivity contribution in [3.63, 3.8) is 0 Å². The van der Waals surface area contributed by atoms with E-state index in [0.717, 1.165) is 9.80 Å². The maximum Gasteiger partial charge on any atom is 0.273 e. The van der Waals surface area contributed by atoms with Crippen molar-refractivity contribution in [1.29, 1.82) is 0 Å². The molecule has 0 fully saturated rings. The van der Waals surface area contributed by atoms with Crippen molar-refractivity contribution in [3.8, 4) is 0 Å². The van der Waals surface area contributed by atoms with E-state index < -0.39 is 4.92 Å².